The van der Waals surface area contributed by atoms with Gasteiger partial charge < -0.3 is 15.4 Å². The lowest BCUT2D eigenvalue weighted by molar-refractivity contribution is -0.137. The molecule has 1 spiro atoms. The number of rotatable bonds is 5. The second-order valence-corrected chi connectivity index (χ2v) is 10.1. The Kier molecular flexibility index (Phi) is 6.64. The zero-order valence-electron chi connectivity index (χ0n) is 19.8. The Bertz CT molecular complexity index is 1430. The van der Waals surface area contributed by atoms with Crippen LogP contribution in [-0.2, 0) is 28.6 Å². The van der Waals surface area contributed by atoms with Gasteiger partial charge in [0.2, 0.25) is 5.91 Å². The van der Waals surface area contributed by atoms with Crippen molar-refractivity contribution in [3.05, 3.63) is 87.9 Å². The van der Waals surface area contributed by atoms with Crippen LogP contribution in [0.15, 0.2) is 71.2 Å². The molecule has 2 aliphatic rings. The zero-order valence-corrected chi connectivity index (χ0v) is 21.4. The number of benzene rings is 3. The molecule has 1 aliphatic carbocycles. The van der Waals surface area contributed by atoms with Crippen LogP contribution in [0.4, 0.5) is 23.7 Å². The van der Waals surface area contributed by atoms with E-state index in [9.17, 15) is 27.6 Å². The summed E-state index contributed by atoms with van der Waals surface area (Å²) in [5, 5.41) is 5.12. The van der Waals surface area contributed by atoms with Crippen molar-refractivity contribution in [3.8, 4) is 11.5 Å². The molecule has 1 unspecified atom stereocenters. The van der Waals surface area contributed by atoms with E-state index < -0.39 is 41.7 Å². The van der Waals surface area contributed by atoms with Crippen molar-refractivity contribution in [2.24, 2.45) is 0 Å². The minimum Gasteiger partial charge on any atom is -0.455 e. The summed E-state index contributed by atoms with van der Waals surface area (Å²) in [6.07, 6.45) is -3.40. The number of carbonyl (C=O) groups is 3. The molecular weight excluding hydrogens is 567 g/mol. The molecule has 7 nitrogen and oxygen atoms in total. The van der Waals surface area contributed by atoms with Gasteiger partial charge in [0.15, 0.2) is 5.75 Å². The predicted molar refractivity (Wildman–Crippen MR) is 136 cm³/mol. The minimum atomic E-state index is -4.66. The molecule has 0 radical (unpaired) electrons. The van der Waals surface area contributed by atoms with Gasteiger partial charge in [-0.1, -0.05) is 40.2 Å². The fraction of sp³-hybridized carbons (Fsp3) is 0.222. The van der Waals surface area contributed by atoms with Crippen molar-refractivity contribution >= 4 is 39.5 Å². The number of nitrogens with zero attached hydrogens (tertiary/aromatic N) is 1. The highest BCUT2D eigenvalue weighted by molar-refractivity contribution is 9.10. The Balaban J connectivity index is 1.35. The highest BCUT2D eigenvalue weighted by atomic mass is 79.9. The highest BCUT2D eigenvalue weighted by Gasteiger charge is 2.52. The summed E-state index contributed by atoms with van der Waals surface area (Å²) in [4.78, 5) is 39.7. The van der Waals surface area contributed by atoms with Crippen LogP contribution in [0.25, 0.3) is 0 Å². The summed E-state index contributed by atoms with van der Waals surface area (Å²) < 4.78 is 46.6. The normalized spacial score (nSPS) is 18.8. The smallest absolute Gasteiger partial charge is 0.416 e. The van der Waals surface area contributed by atoms with Gasteiger partial charge in [0.25, 0.3) is 5.91 Å². The van der Waals surface area contributed by atoms with Crippen molar-refractivity contribution in [2.45, 2.75) is 31.0 Å². The van der Waals surface area contributed by atoms with E-state index in [0.29, 0.717) is 25.0 Å². The molecule has 0 bridgehead atoms. The SMILES string of the molecule is O=C(CN1C(=O)NC2(CCc3ccccc3C2)C1=O)Nc1cc(C(F)(F)F)ccc1Oc1ccc(Br)cc1. The molecular formula is C27H21BrF3N3O4. The first-order chi connectivity index (χ1) is 18.0. The average Bonchev–Trinajstić information content (AvgIpc) is 3.09. The summed E-state index contributed by atoms with van der Waals surface area (Å²) in [5.74, 6) is -1.09. The number of aryl methyl sites for hydroxylation is 1. The Labute approximate surface area is 224 Å². The van der Waals surface area contributed by atoms with Gasteiger partial charge in [-0.2, -0.15) is 13.2 Å². The topological polar surface area (TPSA) is 87.7 Å². The molecule has 5 rings (SSSR count). The Morgan fingerprint density at radius 1 is 1.05 bits per heavy atom. The van der Waals surface area contributed by atoms with Gasteiger partial charge in [-0.05, 0) is 66.4 Å². The number of alkyl halides is 3. The van der Waals surface area contributed by atoms with E-state index in [2.05, 4.69) is 26.6 Å². The molecule has 3 aromatic rings. The van der Waals surface area contributed by atoms with E-state index in [1.54, 1.807) is 24.3 Å². The molecule has 4 amide bonds. The van der Waals surface area contributed by atoms with E-state index >= 15 is 0 Å². The molecule has 11 heteroatoms. The van der Waals surface area contributed by atoms with Crippen molar-refractivity contribution in [1.82, 2.24) is 10.2 Å². The maximum Gasteiger partial charge on any atom is 0.416 e. The number of urea groups is 1. The molecule has 196 valence electrons. The van der Waals surface area contributed by atoms with Crippen LogP contribution >= 0.6 is 15.9 Å². The number of imide groups is 1. The quantitative estimate of drug-likeness (QED) is 0.376. The number of fused-ring (bicyclic) bond motifs is 1. The molecule has 3 aromatic carbocycles. The van der Waals surface area contributed by atoms with E-state index in [1.165, 1.54) is 0 Å². The number of nitrogens with one attached hydrogen (secondary N) is 2. The maximum atomic E-state index is 13.4. The first-order valence-corrected chi connectivity index (χ1v) is 12.5. The molecule has 38 heavy (non-hydrogen) atoms. The molecule has 0 aromatic heterocycles. The van der Waals surface area contributed by atoms with Gasteiger partial charge in [-0.15, -0.1) is 0 Å². The molecule has 1 fully saturated rings. The van der Waals surface area contributed by atoms with Crippen LogP contribution < -0.4 is 15.4 Å². The summed E-state index contributed by atoms with van der Waals surface area (Å²) in [6.45, 7) is -0.665. The molecule has 1 heterocycles. The van der Waals surface area contributed by atoms with Gasteiger partial charge in [0, 0.05) is 10.9 Å². The highest BCUT2D eigenvalue weighted by Crippen LogP contribution is 2.38. The molecule has 2 N–H and O–H groups in total. The monoisotopic (exact) mass is 587 g/mol. The van der Waals surface area contributed by atoms with Crippen LogP contribution in [0.2, 0.25) is 0 Å². The van der Waals surface area contributed by atoms with E-state index in [4.69, 9.17) is 4.74 Å². The lowest BCUT2D eigenvalue weighted by atomic mass is 9.78. The summed E-state index contributed by atoms with van der Waals surface area (Å²) in [5.41, 5.74) is -0.360. The fourth-order valence-electron chi connectivity index (χ4n) is 4.70. The Hall–Kier alpha value is -3.86. The van der Waals surface area contributed by atoms with Gasteiger partial charge in [-0.3, -0.25) is 14.5 Å². The van der Waals surface area contributed by atoms with Gasteiger partial charge in [-0.25, -0.2) is 4.79 Å². The third-order valence-corrected chi connectivity index (χ3v) is 7.13. The summed E-state index contributed by atoms with van der Waals surface area (Å²) in [7, 11) is 0. The van der Waals surface area contributed by atoms with E-state index in [0.717, 1.165) is 38.7 Å². The molecule has 0 saturated carbocycles. The molecule has 1 atom stereocenters. The van der Waals surface area contributed by atoms with E-state index in [-0.39, 0.29) is 11.4 Å². The number of hydrogen-bond acceptors (Lipinski definition) is 4. The first kappa shape index (κ1) is 25.8. The van der Waals surface area contributed by atoms with Crippen molar-refractivity contribution in [1.29, 1.82) is 0 Å². The van der Waals surface area contributed by atoms with Crippen LogP contribution in [0.5, 0.6) is 11.5 Å². The Morgan fingerprint density at radius 3 is 2.47 bits per heavy atom. The average molecular weight is 588 g/mol. The number of anilines is 1. The summed E-state index contributed by atoms with van der Waals surface area (Å²) in [6, 6.07) is 16.2. The van der Waals surface area contributed by atoms with Gasteiger partial charge in [0.05, 0.1) is 11.3 Å². The van der Waals surface area contributed by atoms with Crippen LogP contribution in [-0.4, -0.2) is 34.8 Å². The van der Waals surface area contributed by atoms with Crippen molar-refractivity contribution < 1.29 is 32.3 Å². The minimum absolute atomic E-state index is 0.0359. The number of amides is 4. The van der Waals surface area contributed by atoms with Gasteiger partial charge in [0.1, 0.15) is 17.8 Å². The lowest BCUT2D eigenvalue weighted by Crippen LogP contribution is -2.51. The largest absolute Gasteiger partial charge is 0.455 e. The third-order valence-electron chi connectivity index (χ3n) is 6.60. The number of hydrogen-bond donors (Lipinski definition) is 2. The summed E-state index contributed by atoms with van der Waals surface area (Å²) >= 11 is 3.29. The van der Waals surface area contributed by atoms with Crippen molar-refractivity contribution in [3.63, 3.8) is 0 Å². The molecule has 1 saturated heterocycles. The fourth-order valence-corrected chi connectivity index (χ4v) is 4.96. The Morgan fingerprint density at radius 2 is 1.76 bits per heavy atom. The van der Waals surface area contributed by atoms with E-state index in [1.807, 2.05) is 24.3 Å². The first-order valence-electron chi connectivity index (χ1n) is 11.7. The maximum absolute atomic E-state index is 13.4. The second-order valence-electron chi connectivity index (χ2n) is 9.16. The number of ether oxygens (including phenoxy) is 1. The number of carbonyl (C=O) groups excluding carboxylic acids is 3. The number of halogens is 4. The van der Waals surface area contributed by atoms with Crippen LogP contribution in [0.3, 0.4) is 0 Å². The standard InChI is InChI=1S/C27H21BrF3N3O4/c28-19-6-8-20(9-7-19)38-22-10-5-18(27(29,30)31)13-21(22)32-23(35)15-34-24(36)26(33-25(34)37)12-11-16-3-1-2-4-17(16)14-26/h1-10,13H,11-12,14-15H2,(H,32,35)(H,33,37). The van der Waals surface area contributed by atoms with Crippen LogP contribution in [0, 0.1) is 0 Å². The zero-order chi connectivity index (χ0) is 27.1. The second kappa shape index (κ2) is 9.79. The van der Waals surface area contributed by atoms with Crippen LogP contribution in [0.1, 0.15) is 23.1 Å². The lowest BCUT2D eigenvalue weighted by Gasteiger charge is -2.32. The van der Waals surface area contributed by atoms with Gasteiger partial charge >= 0.3 is 12.2 Å². The third kappa shape index (κ3) is 5.10. The predicted octanol–water partition coefficient (Wildman–Crippen LogP) is 5.68. The molecule has 1 aliphatic heterocycles. The van der Waals surface area contributed by atoms with Crippen molar-refractivity contribution in [2.75, 3.05) is 11.9 Å².